The maximum absolute atomic E-state index is 13.0. The van der Waals surface area contributed by atoms with E-state index in [1.165, 1.54) is 48.5 Å². The first-order chi connectivity index (χ1) is 18.3. The lowest BCUT2D eigenvalue weighted by atomic mass is 10.1. The SMILES string of the molecule is O=C(Nc1cc2nc3ccccc3nc2cc1NC(=O)c1ccc([N+](=O)[O-])cc1)c1ccc([N+](=O)[O-])cc1. The molecule has 4 aromatic carbocycles. The monoisotopic (exact) mass is 508 g/mol. The number of benzene rings is 4. The molecule has 0 bridgehead atoms. The van der Waals surface area contributed by atoms with Crippen molar-refractivity contribution in [1.82, 2.24) is 9.97 Å². The van der Waals surface area contributed by atoms with Gasteiger partial charge < -0.3 is 10.6 Å². The summed E-state index contributed by atoms with van der Waals surface area (Å²) in [7, 11) is 0. The molecular weight excluding hydrogens is 492 g/mol. The van der Waals surface area contributed by atoms with Gasteiger partial charge in [-0.1, -0.05) is 12.1 Å². The molecule has 0 saturated carbocycles. The highest BCUT2D eigenvalue weighted by Gasteiger charge is 2.17. The zero-order chi connectivity index (χ0) is 26.8. The quantitative estimate of drug-likeness (QED) is 0.181. The lowest BCUT2D eigenvalue weighted by Gasteiger charge is -2.14. The summed E-state index contributed by atoms with van der Waals surface area (Å²) in [5.41, 5.74) is 2.59. The van der Waals surface area contributed by atoms with Gasteiger partial charge in [-0.3, -0.25) is 29.8 Å². The summed E-state index contributed by atoms with van der Waals surface area (Å²) in [6, 6.07) is 20.5. The Kier molecular flexibility index (Phi) is 6.11. The highest BCUT2D eigenvalue weighted by atomic mass is 16.6. The number of nitrogens with zero attached hydrogens (tertiary/aromatic N) is 4. The van der Waals surface area contributed by atoms with Crippen molar-refractivity contribution in [1.29, 1.82) is 0 Å². The highest BCUT2D eigenvalue weighted by molar-refractivity contribution is 6.11. The van der Waals surface area contributed by atoms with Gasteiger partial charge in [-0.25, -0.2) is 9.97 Å². The van der Waals surface area contributed by atoms with E-state index in [1.807, 2.05) is 12.1 Å². The predicted molar refractivity (Wildman–Crippen MR) is 139 cm³/mol. The second-order valence-corrected chi connectivity index (χ2v) is 8.12. The second-order valence-electron chi connectivity index (χ2n) is 8.12. The first-order valence-corrected chi connectivity index (χ1v) is 11.1. The number of rotatable bonds is 6. The zero-order valence-electron chi connectivity index (χ0n) is 19.3. The molecule has 0 aliphatic rings. The predicted octanol–water partition coefficient (Wildman–Crippen LogP) is 5.10. The topological polar surface area (TPSA) is 170 Å². The first-order valence-electron chi connectivity index (χ1n) is 11.1. The Morgan fingerprint density at radius 2 is 0.947 bits per heavy atom. The van der Waals surface area contributed by atoms with Crippen LogP contribution in [0.25, 0.3) is 22.1 Å². The van der Waals surface area contributed by atoms with Crippen LogP contribution in [0.4, 0.5) is 22.7 Å². The van der Waals surface area contributed by atoms with Gasteiger partial charge in [-0.2, -0.15) is 0 Å². The van der Waals surface area contributed by atoms with Gasteiger partial charge in [0, 0.05) is 35.4 Å². The van der Waals surface area contributed by atoms with Crippen LogP contribution in [-0.4, -0.2) is 31.6 Å². The second kappa shape index (κ2) is 9.70. The van der Waals surface area contributed by atoms with Crippen molar-refractivity contribution >= 4 is 56.6 Å². The Morgan fingerprint density at radius 1 is 0.579 bits per heavy atom. The number of hydrogen-bond acceptors (Lipinski definition) is 8. The van der Waals surface area contributed by atoms with Crippen molar-refractivity contribution < 1.29 is 19.4 Å². The summed E-state index contributed by atoms with van der Waals surface area (Å²) in [5.74, 6) is -1.14. The summed E-state index contributed by atoms with van der Waals surface area (Å²) in [4.78, 5) is 55.8. The van der Waals surface area contributed by atoms with E-state index in [0.29, 0.717) is 22.1 Å². The van der Waals surface area contributed by atoms with Gasteiger partial charge in [0.05, 0.1) is 43.3 Å². The maximum atomic E-state index is 13.0. The van der Waals surface area contributed by atoms with Gasteiger partial charge in [-0.05, 0) is 48.5 Å². The van der Waals surface area contributed by atoms with E-state index in [0.717, 1.165) is 0 Å². The van der Waals surface area contributed by atoms with Crippen LogP contribution in [0.5, 0.6) is 0 Å². The number of amides is 2. The maximum Gasteiger partial charge on any atom is 0.269 e. The summed E-state index contributed by atoms with van der Waals surface area (Å²) in [6.07, 6.45) is 0. The number of nitrogens with one attached hydrogen (secondary N) is 2. The van der Waals surface area contributed by atoms with Gasteiger partial charge >= 0.3 is 0 Å². The third kappa shape index (κ3) is 4.81. The number of carbonyl (C=O) groups excluding carboxylic acids is 2. The lowest BCUT2D eigenvalue weighted by Crippen LogP contribution is -2.17. The standard InChI is InChI=1S/C26H16N6O6/c33-25(15-5-9-17(10-6-15)31(35)36)29-23-13-21-22(28-20-4-2-1-3-19(20)27-21)14-24(23)30-26(34)16-7-11-18(12-8-16)32(37)38/h1-14H,(H,29,33)(H,30,34). The van der Waals surface area contributed by atoms with E-state index in [9.17, 15) is 29.8 Å². The van der Waals surface area contributed by atoms with Crippen LogP contribution in [0.1, 0.15) is 20.7 Å². The Balaban J connectivity index is 1.53. The fourth-order valence-electron chi connectivity index (χ4n) is 3.73. The molecule has 0 fully saturated rings. The molecular formula is C26H16N6O6. The number of aromatic nitrogens is 2. The molecule has 1 aromatic heterocycles. The van der Waals surface area contributed by atoms with Gasteiger partial charge in [0.25, 0.3) is 23.2 Å². The molecule has 0 aliphatic carbocycles. The number of non-ortho nitro benzene ring substituents is 2. The van der Waals surface area contributed by atoms with E-state index in [2.05, 4.69) is 20.6 Å². The van der Waals surface area contributed by atoms with E-state index in [-0.39, 0.29) is 33.9 Å². The Bertz CT molecular complexity index is 1620. The fourth-order valence-corrected chi connectivity index (χ4v) is 3.73. The Morgan fingerprint density at radius 3 is 1.29 bits per heavy atom. The van der Waals surface area contributed by atoms with Crippen LogP contribution in [0.15, 0.2) is 84.9 Å². The number of para-hydroxylation sites is 2. The van der Waals surface area contributed by atoms with Gasteiger partial charge in [0.1, 0.15) is 0 Å². The number of fused-ring (bicyclic) bond motifs is 2. The summed E-state index contributed by atoms with van der Waals surface area (Å²) in [5, 5.41) is 27.3. The molecule has 186 valence electrons. The molecule has 0 atom stereocenters. The van der Waals surface area contributed by atoms with Crippen molar-refractivity contribution in [2.45, 2.75) is 0 Å². The number of anilines is 2. The van der Waals surface area contributed by atoms with Crippen molar-refractivity contribution in [2.75, 3.05) is 10.6 Å². The number of nitro benzene ring substituents is 2. The Hall–Kier alpha value is -5.78. The van der Waals surface area contributed by atoms with Crippen molar-refractivity contribution in [3.05, 3.63) is 116 Å². The molecule has 2 amide bonds. The van der Waals surface area contributed by atoms with Crippen LogP contribution >= 0.6 is 0 Å². The average molecular weight is 508 g/mol. The summed E-state index contributed by atoms with van der Waals surface area (Å²) in [6.45, 7) is 0. The van der Waals surface area contributed by atoms with E-state index in [4.69, 9.17) is 0 Å². The normalized spacial score (nSPS) is 10.7. The van der Waals surface area contributed by atoms with Crippen molar-refractivity contribution in [2.24, 2.45) is 0 Å². The number of hydrogen-bond donors (Lipinski definition) is 2. The van der Waals surface area contributed by atoms with Crippen molar-refractivity contribution in [3.63, 3.8) is 0 Å². The van der Waals surface area contributed by atoms with E-state index >= 15 is 0 Å². The molecule has 0 saturated heterocycles. The summed E-state index contributed by atoms with van der Waals surface area (Å²) < 4.78 is 0. The highest BCUT2D eigenvalue weighted by Crippen LogP contribution is 2.29. The van der Waals surface area contributed by atoms with Gasteiger partial charge in [-0.15, -0.1) is 0 Å². The van der Waals surface area contributed by atoms with Crippen LogP contribution in [0.3, 0.4) is 0 Å². The third-order valence-electron chi connectivity index (χ3n) is 5.66. The zero-order valence-corrected chi connectivity index (χ0v) is 19.3. The molecule has 0 unspecified atom stereocenters. The molecule has 5 aromatic rings. The van der Waals surface area contributed by atoms with Crippen LogP contribution in [0, 0.1) is 20.2 Å². The van der Waals surface area contributed by atoms with Gasteiger partial charge in [0.2, 0.25) is 0 Å². The Labute approximate surface area is 213 Å². The summed E-state index contributed by atoms with van der Waals surface area (Å²) >= 11 is 0. The number of nitro groups is 2. The van der Waals surface area contributed by atoms with E-state index in [1.54, 1.807) is 24.3 Å². The van der Waals surface area contributed by atoms with Crippen LogP contribution < -0.4 is 10.6 Å². The van der Waals surface area contributed by atoms with Gasteiger partial charge in [0.15, 0.2) is 0 Å². The van der Waals surface area contributed by atoms with E-state index < -0.39 is 21.7 Å². The minimum absolute atomic E-state index is 0.160. The number of carbonyl (C=O) groups is 2. The molecule has 0 radical (unpaired) electrons. The molecule has 1 heterocycles. The van der Waals surface area contributed by atoms with Crippen LogP contribution in [-0.2, 0) is 0 Å². The third-order valence-corrected chi connectivity index (χ3v) is 5.66. The smallest absolute Gasteiger partial charge is 0.269 e. The molecule has 38 heavy (non-hydrogen) atoms. The molecule has 12 heteroatoms. The fraction of sp³-hybridized carbons (Fsp3) is 0. The molecule has 12 nitrogen and oxygen atoms in total. The minimum atomic E-state index is -0.571. The molecule has 0 aliphatic heterocycles. The lowest BCUT2D eigenvalue weighted by molar-refractivity contribution is -0.385. The minimum Gasteiger partial charge on any atom is -0.320 e. The average Bonchev–Trinajstić information content (AvgIpc) is 2.92. The molecule has 5 rings (SSSR count). The first kappa shape index (κ1) is 23.9. The van der Waals surface area contributed by atoms with Crippen LogP contribution in [0.2, 0.25) is 0 Å². The largest absolute Gasteiger partial charge is 0.320 e. The molecule has 2 N–H and O–H groups in total. The van der Waals surface area contributed by atoms with Crippen molar-refractivity contribution in [3.8, 4) is 0 Å². The molecule has 0 spiro atoms.